The molecule has 0 unspecified atom stereocenters. The Hall–Kier alpha value is -1.92. The van der Waals surface area contributed by atoms with E-state index in [0.29, 0.717) is 13.0 Å². The highest BCUT2D eigenvalue weighted by Gasteiger charge is 2.10. The Morgan fingerprint density at radius 3 is 2.75 bits per heavy atom. The Labute approximate surface area is 92.7 Å². The average molecular weight is 226 g/mol. The van der Waals surface area contributed by atoms with Crippen molar-refractivity contribution in [1.29, 1.82) is 0 Å². The van der Waals surface area contributed by atoms with Crippen LogP contribution >= 0.6 is 0 Å². The second-order valence-corrected chi connectivity index (χ2v) is 3.38. The first kappa shape index (κ1) is 12.2. The lowest BCUT2D eigenvalue weighted by Crippen LogP contribution is -2.29. The van der Waals surface area contributed by atoms with Crippen LogP contribution in [0.15, 0.2) is 12.4 Å². The van der Waals surface area contributed by atoms with Gasteiger partial charge in [0, 0.05) is 26.2 Å². The van der Waals surface area contributed by atoms with Crippen molar-refractivity contribution in [3.63, 3.8) is 0 Å². The number of hydrogen-bond acceptors (Lipinski definition) is 4. The van der Waals surface area contributed by atoms with E-state index >= 15 is 0 Å². The molecule has 0 atom stereocenters. The fraction of sp³-hybridized carbons (Fsp3) is 0.556. The van der Waals surface area contributed by atoms with Gasteiger partial charge in [-0.3, -0.25) is 14.3 Å². The Kier molecular flexibility index (Phi) is 4.43. The van der Waals surface area contributed by atoms with Gasteiger partial charge < -0.3 is 10.0 Å². The highest BCUT2D eigenvalue weighted by atomic mass is 16.4. The number of carboxylic acid groups (broad SMARTS) is 1. The number of aryl methyl sites for hydroxylation is 1. The lowest BCUT2D eigenvalue weighted by molar-refractivity contribution is -0.138. The van der Waals surface area contributed by atoms with Crippen LogP contribution in [0.2, 0.25) is 0 Å². The number of aromatic nitrogens is 3. The van der Waals surface area contributed by atoms with Crippen molar-refractivity contribution in [1.82, 2.24) is 19.9 Å². The van der Waals surface area contributed by atoms with Gasteiger partial charge in [0.05, 0.1) is 19.2 Å². The molecule has 1 rings (SSSR count). The molecule has 0 aliphatic rings. The predicted molar refractivity (Wildman–Crippen MR) is 54.5 cm³/mol. The Bertz CT molecular complexity index is 350. The number of amides is 1. The SMILES string of the molecule is CN(CCC(=O)O)C(=O)CCn1ccnn1. The van der Waals surface area contributed by atoms with Crippen molar-refractivity contribution in [2.45, 2.75) is 19.4 Å². The van der Waals surface area contributed by atoms with Crippen molar-refractivity contribution < 1.29 is 14.7 Å². The summed E-state index contributed by atoms with van der Waals surface area (Å²) in [5.41, 5.74) is 0. The molecule has 0 aliphatic carbocycles. The van der Waals surface area contributed by atoms with Crippen LogP contribution in [0.4, 0.5) is 0 Å². The van der Waals surface area contributed by atoms with Gasteiger partial charge in [-0.1, -0.05) is 5.21 Å². The van der Waals surface area contributed by atoms with Gasteiger partial charge in [0.2, 0.25) is 5.91 Å². The van der Waals surface area contributed by atoms with E-state index in [4.69, 9.17) is 5.11 Å². The molecule has 1 aromatic rings. The minimum Gasteiger partial charge on any atom is -0.481 e. The van der Waals surface area contributed by atoms with Gasteiger partial charge in [-0.15, -0.1) is 5.10 Å². The first-order chi connectivity index (χ1) is 7.59. The number of nitrogens with zero attached hydrogens (tertiary/aromatic N) is 4. The number of aliphatic carboxylic acids is 1. The topological polar surface area (TPSA) is 88.3 Å². The number of carboxylic acids is 1. The average Bonchev–Trinajstić information content (AvgIpc) is 2.75. The van der Waals surface area contributed by atoms with Crippen molar-refractivity contribution in [2.75, 3.05) is 13.6 Å². The Morgan fingerprint density at radius 2 is 2.19 bits per heavy atom. The highest BCUT2D eigenvalue weighted by molar-refractivity contribution is 5.76. The molecule has 7 nitrogen and oxygen atoms in total. The second kappa shape index (κ2) is 5.84. The summed E-state index contributed by atoms with van der Waals surface area (Å²) in [6.07, 6.45) is 3.47. The van der Waals surface area contributed by atoms with Gasteiger partial charge in [0.25, 0.3) is 0 Å². The predicted octanol–water partition coefficient (Wildman–Crippen LogP) is -0.399. The van der Waals surface area contributed by atoms with Gasteiger partial charge in [-0.25, -0.2) is 0 Å². The van der Waals surface area contributed by atoms with Crippen molar-refractivity contribution >= 4 is 11.9 Å². The summed E-state index contributed by atoms with van der Waals surface area (Å²) >= 11 is 0. The van der Waals surface area contributed by atoms with Crippen molar-refractivity contribution in [3.8, 4) is 0 Å². The molecule has 1 amide bonds. The largest absolute Gasteiger partial charge is 0.481 e. The lowest BCUT2D eigenvalue weighted by atomic mass is 10.3. The number of rotatable bonds is 6. The maximum absolute atomic E-state index is 11.5. The van der Waals surface area contributed by atoms with Crippen LogP contribution < -0.4 is 0 Å². The van der Waals surface area contributed by atoms with E-state index in [0.717, 1.165) is 0 Å². The van der Waals surface area contributed by atoms with Crippen LogP contribution in [-0.4, -0.2) is 50.5 Å². The van der Waals surface area contributed by atoms with E-state index < -0.39 is 5.97 Å². The standard InChI is InChI=1S/C9H14N4O3/c1-12(5-3-9(15)16)8(14)2-6-13-7-4-10-11-13/h4,7H,2-3,5-6H2,1H3,(H,15,16). The Balaban J connectivity index is 2.26. The third-order valence-corrected chi connectivity index (χ3v) is 2.11. The third kappa shape index (κ3) is 4.07. The van der Waals surface area contributed by atoms with E-state index in [-0.39, 0.29) is 18.9 Å². The quantitative estimate of drug-likeness (QED) is 0.713. The van der Waals surface area contributed by atoms with Crippen LogP contribution in [0.1, 0.15) is 12.8 Å². The first-order valence-corrected chi connectivity index (χ1v) is 4.89. The molecule has 0 spiro atoms. The molecule has 1 N–H and O–H groups in total. The normalized spacial score (nSPS) is 10.1. The molecule has 16 heavy (non-hydrogen) atoms. The van der Waals surface area contributed by atoms with Gasteiger partial charge in [0.1, 0.15) is 0 Å². The molecular formula is C9H14N4O3. The Morgan fingerprint density at radius 1 is 1.44 bits per heavy atom. The fourth-order valence-corrected chi connectivity index (χ4v) is 1.14. The zero-order valence-electron chi connectivity index (χ0n) is 9.04. The zero-order valence-corrected chi connectivity index (χ0v) is 9.04. The summed E-state index contributed by atoms with van der Waals surface area (Å²) in [5.74, 6) is -1.01. The molecule has 0 saturated carbocycles. The minimum atomic E-state index is -0.907. The molecule has 0 aliphatic heterocycles. The van der Waals surface area contributed by atoms with Crippen molar-refractivity contribution in [3.05, 3.63) is 12.4 Å². The van der Waals surface area contributed by atoms with Crippen LogP contribution in [-0.2, 0) is 16.1 Å². The van der Waals surface area contributed by atoms with Gasteiger partial charge >= 0.3 is 5.97 Å². The van der Waals surface area contributed by atoms with Gasteiger partial charge in [0.15, 0.2) is 0 Å². The van der Waals surface area contributed by atoms with Crippen LogP contribution in [0.3, 0.4) is 0 Å². The molecule has 1 heterocycles. The highest BCUT2D eigenvalue weighted by Crippen LogP contribution is 1.95. The van der Waals surface area contributed by atoms with E-state index in [2.05, 4.69) is 10.3 Å². The first-order valence-electron chi connectivity index (χ1n) is 4.89. The summed E-state index contributed by atoms with van der Waals surface area (Å²) in [6, 6.07) is 0. The summed E-state index contributed by atoms with van der Waals surface area (Å²) < 4.78 is 1.56. The third-order valence-electron chi connectivity index (χ3n) is 2.11. The van der Waals surface area contributed by atoms with Gasteiger partial charge in [-0.2, -0.15) is 0 Å². The monoisotopic (exact) mass is 226 g/mol. The molecule has 88 valence electrons. The smallest absolute Gasteiger partial charge is 0.305 e. The van der Waals surface area contributed by atoms with Gasteiger partial charge in [-0.05, 0) is 0 Å². The summed E-state index contributed by atoms with van der Waals surface area (Å²) in [4.78, 5) is 23.2. The molecule has 0 bridgehead atoms. The minimum absolute atomic E-state index is 0.0361. The maximum Gasteiger partial charge on any atom is 0.305 e. The summed E-state index contributed by atoms with van der Waals surface area (Å²) in [5, 5.41) is 15.8. The summed E-state index contributed by atoms with van der Waals surface area (Å²) in [7, 11) is 1.59. The van der Waals surface area contributed by atoms with Crippen molar-refractivity contribution in [2.24, 2.45) is 0 Å². The van der Waals surface area contributed by atoms with Crippen LogP contribution in [0.25, 0.3) is 0 Å². The second-order valence-electron chi connectivity index (χ2n) is 3.38. The summed E-state index contributed by atoms with van der Waals surface area (Å²) in [6.45, 7) is 0.682. The lowest BCUT2D eigenvalue weighted by Gasteiger charge is -2.15. The molecule has 0 aromatic carbocycles. The molecule has 7 heteroatoms. The number of carbonyl (C=O) groups is 2. The van der Waals surface area contributed by atoms with E-state index in [1.165, 1.54) is 4.90 Å². The number of carbonyl (C=O) groups excluding carboxylic acids is 1. The number of hydrogen-bond donors (Lipinski definition) is 1. The van der Waals surface area contributed by atoms with E-state index in [1.807, 2.05) is 0 Å². The molecule has 1 aromatic heterocycles. The molecule has 0 fully saturated rings. The maximum atomic E-state index is 11.5. The molecule has 0 saturated heterocycles. The molecular weight excluding hydrogens is 212 g/mol. The fourth-order valence-electron chi connectivity index (χ4n) is 1.14. The van der Waals surface area contributed by atoms with Crippen LogP contribution in [0, 0.1) is 0 Å². The van der Waals surface area contributed by atoms with E-state index in [9.17, 15) is 9.59 Å². The zero-order chi connectivity index (χ0) is 12.0. The van der Waals surface area contributed by atoms with E-state index in [1.54, 1.807) is 24.1 Å². The van der Waals surface area contributed by atoms with Crippen LogP contribution in [0.5, 0.6) is 0 Å². The molecule has 0 radical (unpaired) electrons.